The molecule has 0 spiro atoms. The van der Waals surface area contributed by atoms with Crippen molar-refractivity contribution in [1.82, 2.24) is 0 Å². The number of benzene rings is 2. The highest BCUT2D eigenvalue weighted by molar-refractivity contribution is 7.87. The largest absolute Gasteiger partial charge is 0.459 e. The summed E-state index contributed by atoms with van der Waals surface area (Å²) in [5.74, 6) is -0.662. The van der Waals surface area contributed by atoms with E-state index in [-0.39, 0.29) is 11.5 Å². The Morgan fingerprint density at radius 1 is 0.964 bits per heavy atom. The van der Waals surface area contributed by atoms with Gasteiger partial charge in [0.15, 0.2) is 5.76 Å². The van der Waals surface area contributed by atoms with Crippen LogP contribution < -0.4 is 9.50 Å². The molecule has 0 radical (unpaired) electrons. The summed E-state index contributed by atoms with van der Waals surface area (Å²) in [7, 11) is -4.72. The van der Waals surface area contributed by atoms with Crippen LogP contribution in [0.3, 0.4) is 0 Å². The predicted molar refractivity (Wildman–Crippen MR) is 92.4 cm³/mol. The van der Waals surface area contributed by atoms with Gasteiger partial charge in [-0.1, -0.05) is 12.1 Å². The molecule has 1 heterocycles. The standard InChI is InChI=1S/C18H12F3NO5S/c19-18(20,21)14-4-1-2-6-16(14)28(24,25)27-13-9-7-12(8-10-13)22-17(23)15-5-3-11-26-15/h1-11H,(H,22,23). The third-order valence-corrected chi connectivity index (χ3v) is 4.83. The number of carbonyl (C=O) groups is 1. The Kier molecular flexibility index (Phi) is 5.14. The zero-order valence-corrected chi connectivity index (χ0v) is 14.8. The van der Waals surface area contributed by atoms with Crippen LogP contribution in [-0.2, 0) is 16.3 Å². The Morgan fingerprint density at radius 2 is 1.64 bits per heavy atom. The first-order valence-corrected chi connectivity index (χ1v) is 9.13. The molecular weight excluding hydrogens is 399 g/mol. The first-order chi connectivity index (χ1) is 13.2. The molecule has 1 amide bonds. The van der Waals surface area contributed by atoms with Gasteiger partial charge in [0.05, 0.1) is 11.8 Å². The van der Waals surface area contributed by atoms with E-state index in [2.05, 4.69) is 5.32 Å². The second-order valence-electron chi connectivity index (χ2n) is 5.49. The first kappa shape index (κ1) is 19.5. The molecule has 6 nitrogen and oxygen atoms in total. The number of nitrogens with one attached hydrogen (secondary N) is 1. The molecule has 0 unspecified atom stereocenters. The number of hydrogen-bond acceptors (Lipinski definition) is 5. The Hall–Kier alpha value is -3.27. The van der Waals surface area contributed by atoms with E-state index < -0.39 is 32.7 Å². The lowest BCUT2D eigenvalue weighted by molar-refractivity contribution is -0.139. The fourth-order valence-corrected chi connectivity index (χ4v) is 3.44. The number of amides is 1. The van der Waals surface area contributed by atoms with Gasteiger partial charge < -0.3 is 13.9 Å². The summed E-state index contributed by atoms with van der Waals surface area (Å²) in [6, 6.07) is 11.8. The van der Waals surface area contributed by atoms with Gasteiger partial charge >= 0.3 is 16.3 Å². The summed E-state index contributed by atoms with van der Waals surface area (Å²) in [6.45, 7) is 0. The number of alkyl halides is 3. The maximum absolute atomic E-state index is 13.0. The van der Waals surface area contributed by atoms with Gasteiger partial charge in [0, 0.05) is 5.69 Å². The fourth-order valence-electron chi connectivity index (χ4n) is 2.28. The summed E-state index contributed by atoms with van der Waals surface area (Å²) in [5.41, 5.74) is -1.01. The molecule has 0 saturated heterocycles. The molecule has 3 aromatic rings. The molecule has 3 rings (SSSR count). The number of halogens is 3. The Bertz CT molecular complexity index is 1080. The van der Waals surface area contributed by atoms with Crippen LogP contribution >= 0.6 is 0 Å². The predicted octanol–water partition coefficient (Wildman–Crippen LogP) is 4.32. The van der Waals surface area contributed by atoms with Crippen molar-refractivity contribution in [1.29, 1.82) is 0 Å². The van der Waals surface area contributed by atoms with E-state index in [1.54, 1.807) is 0 Å². The van der Waals surface area contributed by atoms with Crippen LogP contribution in [0.5, 0.6) is 5.75 Å². The number of furan rings is 1. The SMILES string of the molecule is O=C(Nc1ccc(OS(=O)(=O)c2ccccc2C(F)(F)F)cc1)c1ccco1. The van der Waals surface area contributed by atoms with Gasteiger partial charge in [-0.05, 0) is 48.5 Å². The van der Waals surface area contributed by atoms with Gasteiger partial charge in [0.2, 0.25) is 0 Å². The summed E-state index contributed by atoms with van der Waals surface area (Å²) in [5, 5.41) is 2.51. The van der Waals surface area contributed by atoms with Crippen molar-refractivity contribution >= 4 is 21.7 Å². The quantitative estimate of drug-likeness (QED) is 0.632. The minimum atomic E-state index is -4.85. The van der Waals surface area contributed by atoms with Crippen LogP contribution in [0.4, 0.5) is 18.9 Å². The molecule has 10 heteroatoms. The van der Waals surface area contributed by atoms with Gasteiger partial charge in [0.25, 0.3) is 5.91 Å². The minimum absolute atomic E-state index is 0.0756. The van der Waals surface area contributed by atoms with Crippen LogP contribution in [0.15, 0.2) is 76.2 Å². The Balaban J connectivity index is 1.78. The lowest BCUT2D eigenvalue weighted by atomic mass is 10.2. The molecule has 28 heavy (non-hydrogen) atoms. The average Bonchev–Trinajstić information content (AvgIpc) is 3.17. The van der Waals surface area contributed by atoms with Crippen molar-refractivity contribution in [3.63, 3.8) is 0 Å². The molecule has 0 saturated carbocycles. The third kappa shape index (κ3) is 4.34. The molecule has 0 fully saturated rings. The number of hydrogen-bond donors (Lipinski definition) is 1. The van der Waals surface area contributed by atoms with Crippen molar-refractivity contribution in [2.75, 3.05) is 5.32 Å². The van der Waals surface area contributed by atoms with Crippen LogP contribution in [0, 0.1) is 0 Å². The zero-order chi connectivity index (χ0) is 20.4. The molecule has 0 bridgehead atoms. The van der Waals surface area contributed by atoms with E-state index >= 15 is 0 Å². The molecule has 0 atom stereocenters. The summed E-state index contributed by atoms with van der Waals surface area (Å²) >= 11 is 0. The number of rotatable bonds is 5. The highest BCUT2D eigenvalue weighted by atomic mass is 32.2. The van der Waals surface area contributed by atoms with Gasteiger partial charge in [-0.3, -0.25) is 4.79 Å². The van der Waals surface area contributed by atoms with Gasteiger partial charge in [-0.15, -0.1) is 0 Å². The molecule has 146 valence electrons. The molecule has 0 aliphatic heterocycles. The molecule has 2 aromatic carbocycles. The van der Waals surface area contributed by atoms with Crippen molar-refractivity contribution in [3.05, 3.63) is 78.3 Å². The van der Waals surface area contributed by atoms with E-state index in [0.29, 0.717) is 11.8 Å². The highest BCUT2D eigenvalue weighted by Crippen LogP contribution is 2.35. The normalized spacial score (nSPS) is 11.8. The van der Waals surface area contributed by atoms with Crippen LogP contribution in [0.25, 0.3) is 0 Å². The van der Waals surface area contributed by atoms with Crippen LogP contribution in [0.1, 0.15) is 16.1 Å². The van der Waals surface area contributed by atoms with Crippen LogP contribution in [-0.4, -0.2) is 14.3 Å². The smallest absolute Gasteiger partial charge is 0.417 e. The molecule has 1 aromatic heterocycles. The second-order valence-corrected chi connectivity index (χ2v) is 7.00. The molecule has 1 N–H and O–H groups in total. The van der Waals surface area contributed by atoms with Gasteiger partial charge in [-0.25, -0.2) is 0 Å². The second kappa shape index (κ2) is 7.39. The first-order valence-electron chi connectivity index (χ1n) is 7.72. The van der Waals surface area contributed by atoms with E-state index in [0.717, 1.165) is 12.1 Å². The summed E-state index contributed by atoms with van der Waals surface area (Å²) in [6.07, 6.45) is -3.53. The van der Waals surface area contributed by atoms with Crippen LogP contribution in [0.2, 0.25) is 0 Å². The monoisotopic (exact) mass is 411 g/mol. The summed E-state index contributed by atoms with van der Waals surface area (Å²) < 4.78 is 73.4. The maximum atomic E-state index is 13.0. The Morgan fingerprint density at radius 3 is 2.25 bits per heavy atom. The highest BCUT2D eigenvalue weighted by Gasteiger charge is 2.37. The lowest BCUT2D eigenvalue weighted by Crippen LogP contribution is -2.17. The van der Waals surface area contributed by atoms with Crippen molar-refractivity contribution < 1.29 is 35.0 Å². The van der Waals surface area contributed by atoms with E-state index in [4.69, 9.17) is 8.60 Å². The summed E-state index contributed by atoms with van der Waals surface area (Å²) in [4.78, 5) is 10.9. The molecule has 0 aliphatic carbocycles. The fraction of sp³-hybridized carbons (Fsp3) is 0.0556. The third-order valence-electron chi connectivity index (χ3n) is 3.52. The van der Waals surface area contributed by atoms with Gasteiger partial charge in [0.1, 0.15) is 10.6 Å². The van der Waals surface area contributed by atoms with Crippen molar-refractivity contribution in [2.45, 2.75) is 11.1 Å². The average molecular weight is 411 g/mol. The van der Waals surface area contributed by atoms with E-state index in [1.807, 2.05) is 0 Å². The number of carbonyl (C=O) groups excluding carboxylic acids is 1. The van der Waals surface area contributed by atoms with E-state index in [1.165, 1.54) is 48.7 Å². The molecular formula is C18H12F3NO5S. The molecule has 0 aliphatic rings. The Labute approximate surface area is 157 Å². The topological polar surface area (TPSA) is 85.6 Å². The van der Waals surface area contributed by atoms with E-state index in [9.17, 15) is 26.4 Å². The van der Waals surface area contributed by atoms with Gasteiger partial charge in [-0.2, -0.15) is 21.6 Å². The van der Waals surface area contributed by atoms with Crippen molar-refractivity contribution in [2.24, 2.45) is 0 Å². The number of anilines is 1. The zero-order valence-electron chi connectivity index (χ0n) is 13.9. The maximum Gasteiger partial charge on any atom is 0.417 e. The lowest BCUT2D eigenvalue weighted by Gasteiger charge is -2.13. The van der Waals surface area contributed by atoms with Crippen molar-refractivity contribution in [3.8, 4) is 5.75 Å². The minimum Gasteiger partial charge on any atom is -0.459 e.